The van der Waals surface area contributed by atoms with Crippen molar-refractivity contribution in [3.8, 4) is 0 Å². The van der Waals surface area contributed by atoms with Gasteiger partial charge in [-0.2, -0.15) is 0 Å². The van der Waals surface area contributed by atoms with E-state index in [1.807, 2.05) is 6.07 Å². The van der Waals surface area contributed by atoms with Crippen LogP contribution in [-0.2, 0) is 11.2 Å². The van der Waals surface area contributed by atoms with E-state index in [1.165, 1.54) is 12.0 Å². The number of carbonyl (C=O) groups is 1. The molecule has 1 saturated carbocycles. The molecule has 0 radical (unpaired) electrons. The second-order valence-electron chi connectivity index (χ2n) is 7.72. The summed E-state index contributed by atoms with van der Waals surface area (Å²) in [5.41, 5.74) is 1.33. The number of hydrogen-bond acceptors (Lipinski definition) is 3. The molecule has 0 aromatic heterocycles. The molecule has 3 rings (SSSR count). The van der Waals surface area contributed by atoms with Gasteiger partial charge in [0, 0.05) is 51.7 Å². The Balaban J connectivity index is 1.35. The summed E-state index contributed by atoms with van der Waals surface area (Å²) in [6.07, 6.45) is 4.40. The maximum absolute atomic E-state index is 12.3. The third-order valence-electron chi connectivity index (χ3n) is 5.72. The van der Waals surface area contributed by atoms with Crippen LogP contribution in [-0.4, -0.2) is 74.0 Å². The van der Waals surface area contributed by atoms with E-state index in [2.05, 4.69) is 51.6 Å². The predicted molar refractivity (Wildman–Crippen MR) is 114 cm³/mol. The van der Waals surface area contributed by atoms with Crippen LogP contribution in [0.1, 0.15) is 31.7 Å². The average molecular weight is 386 g/mol. The lowest BCUT2D eigenvalue weighted by atomic mass is 9.84. The summed E-state index contributed by atoms with van der Waals surface area (Å²) in [6, 6.07) is 10.5. The molecule has 1 aromatic rings. The van der Waals surface area contributed by atoms with Crippen molar-refractivity contribution < 1.29 is 4.79 Å². The molecule has 0 bridgehead atoms. The molecule has 6 heteroatoms. The first-order chi connectivity index (χ1) is 13.8. The van der Waals surface area contributed by atoms with Gasteiger partial charge in [-0.25, -0.2) is 0 Å². The molecule has 154 valence electrons. The molecule has 1 aromatic carbocycles. The van der Waals surface area contributed by atoms with Gasteiger partial charge in [0.2, 0.25) is 5.91 Å². The van der Waals surface area contributed by atoms with Gasteiger partial charge < -0.3 is 15.5 Å². The van der Waals surface area contributed by atoms with Crippen molar-refractivity contribution in [1.29, 1.82) is 0 Å². The normalized spacial score (nSPS) is 18.6. The minimum Gasteiger partial charge on any atom is -0.357 e. The van der Waals surface area contributed by atoms with Gasteiger partial charge in [-0.15, -0.1) is 0 Å². The van der Waals surface area contributed by atoms with E-state index in [0.29, 0.717) is 11.8 Å². The van der Waals surface area contributed by atoms with Crippen molar-refractivity contribution in [1.82, 2.24) is 20.4 Å². The Bertz CT molecular complexity index is 621. The molecule has 0 atom stereocenters. The summed E-state index contributed by atoms with van der Waals surface area (Å²) in [4.78, 5) is 21.5. The smallest absolute Gasteiger partial charge is 0.225 e. The Morgan fingerprint density at radius 3 is 2.50 bits per heavy atom. The van der Waals surface area contributed by atoms with Crippen molar-refractivity contribution in [2.45, 2.75) is 32.6 Å². The fourth-order valence-electron chi connectivity index (χ4n) is 3.72. The van der Waals surface area contributed by atoms with Crippen LogP contribution in [0, 0.1) is 5.92 Å². The Morgan fingerprint density at radius 2 is 1.86 bits per heavy atom. The van der Waals surface area contributed by atoms with Crippen LogP contribution in [0.15, 0.2) is 35.3 Å². The quantitative estimate of drug-likeness (QED) is 0.529. The van der Waals surface area contributed by atoms with Crippen molar-refractivity contribution in [2.24, 2.45) is 10.9 Å². The average Bonchev–Trinajstić information content (AvgIpc) is 2.68. The van der Waals surface area contributed by atoms with Gasteiger partial charge >= 0.3 is 0 Å². The molecule has 1 aliphatic carbocycles. The minimum absolute atomic E-state index is 0.320. The van der Waals surface area contributed by atoms with E-state index < -0.39 is 0 Å². The molecule has 1 saturated heterocycles. The highest BCUT2D eigenvalue weighted by molar-refractivity contribution is 5.80. The first kappa shape index (κ1) is 20.6. The molecule has 28 heavy (non-hydrogen) atoms. The van der Waals surface area contributed by atoms with Gasteiger partial charge in [0.25, 0.3) is 0 Å². The lowest BCUT2D eigenvalue weighted by molar-refractivity contribution is -0.139. The first-order valence-electron chi connectivity index (χ1n) is 10.8. The van der Waals surface area contributed by atoms with E-state index in [4.69, 9.17) is 4.99 Å². The van der Waals surface area contributed by atoms with Crippen LogP contribution in [0.25, 0.3) is 0 Å². The van der Waals surface area contributed by atoms with Crippen LogP contribution in [0.4, 0.5) is 0 Å². The standard InChI is InChI=1S/C22H35N5O/c1-2-23-22(24-12-11-19-7-4-3-5-8-19)25-13-14-26-15-17-27(18-16-26)21(28)20-9-6-10-20/h3-5,7-8,20H,2,6,9-18H2,1H3,(H2,23,24,25). The molecule has 1 amide bonds. The lowest BCUT2D eigenvalue weighted by Gasteiger charge is -2.38. The summed E-state index contributed by atoms with van der Waals surface area (Å²) < 4.78 is 0. The van der Waals surface area contributed by atoms with E-state index in [0.717, 1.165) is 77.6 Å². The highest BCUT2D eigenvalue weighted by Crippen LogP contribution is 2.28. The molecule has 0 unspecified atom stereocenters. The van der Waals surface area contributed by atoms with E-state index >= 15 is 0 Å². The monoisotopic (exact) mass is 385 g/mol. The number of nitrogens with zero attached hydrogens (tertiary/aromatic N) is 3. The maximum atomic E-state index is 12.3. The number of nitrogens with one attached hydrogen (secondary N) is 2. The number of hydrogen-bond donors (Lipinski definition) is 2. The highest BCUT2D eigenvalue weighted by atomic mass is 16.2. The summed E-state index contributed by atoms with van der Waals surface area (Å²) in [6.45, 7) is 9.21. The fourth-order valence-corrected chi connectivity index (χ4v) is 3.72. The number of aliphatic imine (C=N–C) groups is 1. The van der Waals surface area contributed by atoms with Crippen molar-refractivity contribution >= 4 is 11.9 Å². The van der Waals surface area contributed by atoms with E-state index in [1.54, 1.807) is 0 Å². The summed E-state index contributed by atoms with van der Waals surface area (Å²) in [5.74, 6) is 1.60. The molecular formula is C22H35N5O. The Hall–Kier alpha value is -2.08. The molecule has 1 aliphatic heterocycles. The third kappa shape index (κ3) is 6.23. The van der Waals surface area contributed by atoms with Crippen molar-refractivity contribution in [3.63, 3.8) is 0 Å². The zero-order valence-corrected chi connectivity index (χ0v) is 17.2. The minimum atomic E-state index is 0.320. The zero-order valence-electron chi connectivity index (χ0n) is 17.2. The van der Waals surface area contributed by atoms with Crippen LogP contribution in [0.3, 0.4) is 0 Å². The van der Waals surface area contributed by atoms with Gasteiger partial charge in [-0.1, -0.05) is 36.8 Å². The second kappa shape index (κ2) is 11.1. The third-order valence-corrected chi connectivity index (χ3v) is 5.72. The second-order valence-corrected chi connectivity index (χ2v) is 7.72. The topological polar surface area (TPSA) is 60.0 Å². The summed E-state index contributed by atoms with van der Waals surface area (Å²) in [5, 5.41) is 6.74. The summed E-state index contributed by atoms with van der Waals surface area (Å²) in [7, 11) is 0. The molecule has 6 nitrogen and oxygen atoms in total. The molecule has 2 fully saturated rings. The van der Waals surface area contributed by atoms with Crippen molar-refractivity contribution in [2.75, 3.05) is 52.4 Å². The SMILES string of the molecule is CCNC(=NCCN1CCN(C(=O)C2CCC2)CC1)NCCc1ccccc1. The van der Waals surface area contributed by atoms with Gasteiger partial charge in [-0.05, 0) is 31.7 Å². The predicted octanol–water partition coefficient (Wildman–Crippen LogP) is 1.73. The molecular weight excluding hydrogens is 350 g/mol. The highest BCUT2D eigenvalue weighted by Gasteiger charge is 2.30. The molecule has 2 aliphatic rings. The number of amides is 1. The maximum Gasteiger partial charge on any atom is 0.225 e. The van der Waals surface area contributed by atoms with E-state index in [9.17, 15) is 4.79 Å². The number of guanidine groups is 1. The van der Waals surface area contributed by atoms with Crippen molar-refractivity contribution in [3.05, 3.63) is 35.9 Å². The Labute approximate surface area is 169 Å². The number of carbonyl (C=O) groups excluding carboxylic acids is 1. The van der Waals surface area contributed by atoms with Crippen LogP contribution < -0.4 is 10.6 Å². The van der Waals surface area contributed by atoms with Crippen LogP contribution in [0.5, 0.6) is 0 Å². The molecule has 0 spiro atoms. The fraction of sp³-hybridized carbons (Fsp3) is 0.636. The van der Waals surface area contributed by atoms with Gasteiger partial charge in [0.05, 0.1) is 6.54 Å². The van der Waals surface area contributed by atoms with Crippen LogP contribution in [0.2, 0.25) is 0 Å². The lowest BCUT2D eigenvalue weighted by Crippen LogP contribution is -2.51. The molecule has 1 heterocycles. The van der Waals surface area contributed by atoms with Gasteiger partial charge in [-0.3, -0.25) is 14.7 Å². The zero-order chi connectivity index (χ0) is 19.6. The Morgan fingerprint density at radius 1 is 1.11 bits per heavy atom. The number of piperazine rings is 1. The van der Waals surface area contributed by atoms with E-state index in [-0.39, 0.29) is 0 Å². The Kier molecular flexibility index (Phi) is 8.15. The first-order valence-corrected chi connectivity index (χ1v) is 10.8. The van der Waals surface area contributed by atoms with Crippen LogP contribution >= 0.6 is 0 Å². The summed E-state index contributed by atoms with van der Waals surface area (Å²) >= 11 is 0. The molecule has 2 N–H and O–H groups in total. The van der Waals surface area contributed by atoms with Gasteiger partial charge in [0.1, 0.15) is 0 Å². The largest absolute Gasteiger partial charge is 0.357 e. The van der Waals surface area contributed by atoms with Gasteiger partial charge in [0.15, 0.2) is 5.96 Å². The number of benzene rings is 1. The number of rotatable bonds is 8.